The van der Waals surface area contributed by atoms with Crippen LogP contribution in [0.15, 0.2) is 0 Å². The largest absolute Gasteiger partial charge is 0.314 e. The smallest absolute Gasteiger partial charge is 0.211 e. The lowest BCUT2D eigenvalue weighted by atomic mass is 9.91. The van der Waals surface area contributed by atoms with E-state index in [1.54, 1.807) is 4.31 Å². The lowest BCUT2D eigenvalue weighted by molar-refractivity contribution is 0.205. The molecule has 0 amide bonds. The second-order valence-corrected chi connectivity index (χ2v) is 6.22. The van der Waals surface area contributed by atoms with Gasteiger partial charge < -0.3 is 5.32 Å². The van der Waals surface area contributed by atoms with Gasteiger partial charge in [0.2, 0.25) is 10.0 Å². The standard InChI is InChI=1S/C10H22N2O2S/c1-4-9-8-12(15(3,13)14)7-6-10(9)11-5-2/h9-11H,4-8H2,1-3H3. The highest BCUT2D eigenvalue weighted by Gasteiger charge is 2.31. The summed E-state index contributed by atoms with van der Waals surface area (Å²) in [4.78, 5) is 0. The number of nitrogens with zero attached hydrogens (tertiary/aromatic N) is 1. The highest BCUT2D eigenvalue weighted by molar-refractivity contribution is 7.88. The third kappa shape index (κ3) is 3.43. The van der Waals surface area contributed by atoms with Crippen molar-refractivity contribution in [3.8, 4) is 0 Å². The van der Waals surface area contributed by atoms with Crippen LogP contribution in [0.1, 0.15) is 26.7 Å². The van der Waals surface area contributed by atoms with Crippen LogP contribution < -0.4 is 5.32 Å². The van der Waals surface area contributed by atoms with Crippen molar-refractivity contribution in [2.75, 3.05) is 25.9 Å². The summed E-state index contributed by atoms with van der Waals surface area (Å²) in [6.07, 6.45) is 3.26. The molecule has 90 valence electrons. The van der Waals surface area contributed by atoms with Crippen molar-refractivity contribution in [1.82, 2.24) is 9.62 Å². The number of hydrogen-bond donors (Lipinski definition) is 1. The maximum absolute atomic E-state index is 11.4. The molecule has 4 nitrogen and oxygen atoms in total. The topological polar surface area (TPSA) is 49.4 Å². The Hall–Kier alpha value is -0.130. The summed E-state index contributed by atoms with van der Waals surface area (Å²) < 4.78 is 24.4. The summed E-state index contributed by atoms with van der Waals surface area (Å²) in [5, 5.41) is 3.44. The van der Waals surface area contributed by atoms with E-state index in [0.29, 0.717) is 25.0 Å². The molecule has 2 unspecified atom stereocenters. The van der Waals surface area contributed by atoms with E-state index in [9.17, 15) is 8.42 Å². The SMILES string of the molecule is CCNC1CCN(S(C)(=O)=O)CC1CC. The van der Waals surface area contributed by atoms with Gasteiger partial charge in [0.15, 0.2) is 0 Å². The third-order valence-corrected chi connectivity index (χ3v) is 4.43. The molecule has 0 saturated carbocycles. The molecule has 1 heterocycles. The zero-order chi connectivity index (χ0) is 11.5. The van der Waals surface area contributed by atoms with E-state index in [1.165, 1.54) is 6.26 Å². The second-order valence-electron chi connectivity index (χ2n) is 4.24. The summed E-state index contributed by atoms with van der Waals surface area (Å²) in [6.45, 7) is 6.51. The van der Waals surface area contributed by atoms with Crippen molar-refractivity contribution in [3.63, 3.8) is 0 Å². The summed E-state index contributed by atoms with van der Waals surface area (Å²) in [5.41, 5.74) is 0. The first-order valence-corrected chi connectivity index (χ1v) is 7.52. The van der Waals surface area contributed by atoms with E-state index < -0.39 is 10.0 Å². The van der Waals surface area contributed by atoms with Crippen molar-refractivity contribution in [3.05, 3.63) is 0 Å². The minimum atomic E-state index is -3.00. The van der Waals surface area contributed by atoms with Crippen LogP contribution in [0.3, 0.4) is 0 Å². The number of nitrogens with one attached hydrogen (secondary N) is 1. The molecule has 1 saturated heterocycles. The normalized spacial score (nSPS) is 29.3. The quantitative estimate of drug-likeness (QED) is 0.777. The Morgan fingerprint density at radius 2 is 2.07 bits per heavy atom. The van der Waals surface area contributed by atoms with Gasteiger partial charge in [-0.2, -0.15) is 0 Å². The van der Waals surface area contributed by atoms with Gasteiger partial charge >= 0.3 is 0 Å². The molecule has 1 aliphatic rings. The van der Waals surface area contributed by atoms with E-state index in [1.807, 2.05) is 0 Å². The van der Waals surface area contributed by atoms with Crippen LogP contribution in [0.4, 0.5) is 0 Å². The minimum absolute atomic E-state index is 0.452. The molecule has 0 aromatic heterocycles. The van der Waals surface area contributed by atoms with Crippen molar-refractivity contribution in [1.29, 1.82) is 0 Å². The first-order valence-electron chi connectivity index (χ1n) is 5.67. The Bertz CT molecular complexity index is 290. The van der Waals surface area contributed by atoms with E-state index in [4.69, 9.17) is 0 Å². The van der Waals surface area contributed by atoms with Gasteiger partial charge in [0.25, 0.3) is 0 Å². The molecular formula is C10H22N2O2S. The summed E-state index contributed by atoms with van der Waals surface area (Å²) in [6, 6.07) is 0.484. The van der Waals surface area contributed by atoms with Crippen LogP contribution in [0.5, 0.6) is 0 Å². The molecule has 1 rings (SSSR count). The van der Waals surface area contributed by atoms with E-state index in [2.05, 4.69) is 19.2 Å². The second kappa shape index (κ2) is 5.27. The van der Waals surface area contributed by atoms with Gasteiger partial charge in [-0.25, -0.2) is 12.7 Å². The molecule has 5 heteroatoms. The van der Waals surface area contributed by atoms with Crippen molar-refractivity contribution in [2.45, 2.75) is 32.7 Å². The number of piperidine rings is 1. The van der Waals surface area contributed by atoms with Gasteiger partial charge in [-0.15, -0.1) is 0 Å². The first kappa shape index (κ1) is 12.9. The van der Waals surface area contributed by atoms with Crippen LogP contribution in [0, 0.1) is 5.92 Å². The number of hydrogen-bond acceptors (Lipinski definition) is 3. The molecule has 0 aliphatic carbocycles. The molecule has 1 fully saturated rings. The molecule has 0 aromatic rings. The Morgan fingerprint density at radius 1 is 1.40 bits per heavy atom. The Labute approximate surface area is 93.1 Å². The fourth-order valence-electron chi connectivity index (χ4n) is 2.24. The fourth-order valence-corrected chi connectivity index (χ4v) is 3.14. The predicted octanol–water partition coefficient (Wildman–Crippen LogP) is 0.656. The van der Waals surface area contributed by atoms with Crippen molar-refractivity contribution >= 4 is 10.0 Å². The van der Waals surface area contributed by atoms with E-state index in [0.717, 1.165) is 19.4 Å². The van der Waals surface area contributed by atoms with Gasteiger partial charge in [0, 0.05) is 19.1 Å². The van der Waals surface area contributed by atoms with Crippen LogP contribution in [0.25, 0.3) is 0 Å². The maximum Gasteiger partial charge on any atom is 0.211 e. The first-order chi connectivity index (χ1) is 6.99. The lowest BCUT2D eigenvalue weighted by Crippen LogP contribution is -2.50. The average Bonchev–Trinajstić information content (AvgIpc) is 2.17. The number of rotatable bonds is 4. The molecule has 1 N–H and O–H groups in total. The summed E-state index contributed by atoms with van der Waals surface area (Å²) in [7, 11) is -3.00. The molecule has 0 bridgehead atoms. The monoisotopic (exact) mass is 234 g/mol. The average molecular weight is 234 g/mol. The fraction of sp³-hybridized carbons (Fsp3) is 1.00. The van der Waals surface area contributed by atoms with E-state index >= 15 is 0 Å². The minimum Gasteiger partial charge on any atom is -0.314 e. The lowest BCUT2D eigenvalue weighted by Gasteiger charge is -2.37. The highest BCUT2D eigenvalue weighted by atomic mass is 32.2. The van der Waals surface area contributed by atoms with E-state index in [-0.39, 0.29) is 0 Å². The number of sulfonamides is 1. The molecule has 0 spiro atoms. The van der Waals surface area contributed by atoms with Crippen LogP contribution in [-0.4, -0.2) is 44.7 Å². The molecule has 1 aliphatic heterocycles. The third-order valence-electron chi connectivity index (χ3n) is 3.16. The predicted molar refractivity (Wildman–Crippen MR) is 62.3 cm³/mol. The van der Waals surface area contributed by atoms with Crippen LogP contribution >= 0.6 is 0 Å². The van der Waals surface area contributed by atoms with Crippen molar-refractivity contribution in [2.24, 2.45) is 5.92 Å². The molecule has 0 radical (unpaired) electrons. The Kier molecular flexibility index (Phi) is 4.55. The van der Waals surface area contributed by atoms with Crippen molar-refractivity contribution < 1.29 is 8.42 Å². The van der Waals surface area contributed by atoms with Crippen LogP contribution in [-0.2, 0) is 10.0 Å². The summed E-state index contributed by atoms with van der Waals surface area (Å²) in [5.74, 6) is 0.452. The van der Waals surface area contributed by atoms with Gasteiger partial charge in [0.05, 0.1) is 6.26 Å². The van der Waals surface area contributed by atoms with Gasteiger partial charge in [0.1, 0.15) is 0 Å². The molecule has 15 heavy (non-hydrogen) atoms. The van der Waals surface area contributed by atoms with Gasteiger partial charge in [-0.1, -0.05) is 20.3 Å². The van der Waals surface area contributed by atoms with Gasteiger partial charge in [-0.3, -0.25) is 0 Å². The molecular weight excluding hydrogens is 212 g/mol. The molecule has 2 atom stereocenters. The highest BCUT2D eigenvalue weighted by Crippen LogP contribution is 2.21. The zero-order valence-corrected chi connectivity index (χ0v) is 10.7. The zero-order valence-electron chi connectivity index (χ0n) is 9.86. The van der Waals surface area contributed by atoms with Crippen LogP contribution in [0.2, 0.25) is 0 Å². The molecule has 0 aromatic carbocycles. The van der Waals surface area contributed by atoms with Gasteiger partial charge in [-0.05, 0) is 18.9 Å². The maximum atomic E-state index is 11.4. The summed E-state index contributed by atoms with van der Waals surface area (Å²) >= 11 is 0. The Balaban J connectivity index is 2.62. The Morgan fingerprint density at radius 3 is 2.53 bits per heavy atom.